The average molecular weight is 533 g/mol. The highest BCUT2D eigenvalue weighted by molar-refractivity contribution is 7.50. The highest BCUT2D eigenvalue weighted by atomic mass is 31.2. The fraction of sp³-hybridized carbons (Fsp3) is 0.429. The standard InChI is InChI=1S/C21H32N2O10P2/c1-15-2-4-20(26)17(6-15)8-22(13-34(28,29)30)10-19(12-25)23(14-35(31,32)33)9-18-7-16(11-24)3-5-21(18)27/h2-7,19,24-27H,8-14H2,1H3,(H2,28,29,30)(H2,31,32,33)/p-1. The number of phenols is 2. The van der Waals surface area contributed by atoms with Crippen molar-refractivity contribution < 1.29 is 49.1 Å². The van der Waals surface area contributed by atoms with Gasteiger partial charge in [-0.15, -0.1) is 0 Å². The first-order chi connectivity index (χ1) is 16.2. The van der Waals surface area contributed by atoms with Crippen LogP contribution in [0.1, 0.15) is 22.3 Å². The molecule has 0 aliphatic rings. The van der Waals surface area contributed by atoms with Crippen LogP contribution >= 0.6 is 15.2 Å². The van der Waals surface area contributed by atoms with E-state index < -0.39 is 40.4 Å². The molecule has 0 heterocycles. The topological polar surface area (TPSA) is 211 Å². The van der Waals surface area contributed by atoms with Crippen LogP contribution in [0.5, 0.6) is 11.5 Å². The van der Waals surface area contributed by atoms with Crippen LogP contribution in [-0.4, -0.2) is 71.8 Å². The van der Waals surface area contributed by atoms with Gasteiger partial charge in [0, 0.05) is 36.8 Å². The molecule has 0 aromatic heterocycles. The molecule has 0 aliphatic carbocycles. The summed E-state index contributed by atoms with van der Waals surface area (Å²) in [6.07, 6.45) is -1.66. The number of aromatic hydroxyl groups is 2. The van der Waals surface area contributed by atoms with Crippen molar-refractivity contribution in [3.05, 3.63) is 58.7 Å². The number of nitrogens with zero attached hydrogens (tertiary/aromatic N) is 2. The fourth-order valence-electron chi connectivity index (χ4n) is 3.71. The van der Waals surface area contributed by atoms with E-state index in [-0.39, 0.29) is 43.3 Å². The third-order valence-corrected chi connectivity index (χ3v) is 6.76. The lowest BCUT2D eigenvalue weighted by Crippen LogP contribution is -2.47. The van der Waals surface area contributed by atoms with E-state index in [2.05, 4.69) is 0 Å². The zero-order valence-corrected chi connectivity index (χ0v) is 20.9. The van der Waals surface area contributed by atoms with Gasteiger partial charge >= 0.3 is 0 Å². The molecule has 35 heavy (non-hydrogen) atoms. The molecule has 14 heteroatoms. The summed E-state index contributed by atoms with van der Waals surface area (Å²) in [5, 5.41) is 39.8. The van der Waals surface area contributed by atoms with Crippen LogP contribution in [0.15, 0.2) is 36.4 Å². The largest absolute Gasteiger partial charge is 0.778 e. The molecule has 0 fully saturated rings. The summed E-state index contributed by atoms with van der Waals surface area (Å²) in [4.78, 5) is 42.8. The number of aryl methyl sites for hydroxylation is 1. The first-order valence-corrected chi connectivity index (χ1v) is 14.1. The molecule has 0 bridgehead atoms. The predicted octanol–water partition coefficient (Wildman–Crippen LogP) is -0.698. The van der Waals surface area contributed by atoms with Gasteiger partial charge in [-0.3, -0.25) is 9.80 Å². The Hall–Kier alpha value is -1.82. The SMILES string of the molecule is Cc1ccc(O)c(CN(CC(CO)N(Cc2cc(CO)ccc2O)CP(=O)([O-])[OH2+])CP(=O)([O-])O)c1. The summed E-state index contributed by atoms with van der Waals surface area (Å²) in [6.45, 7) is 0.128. The van der Waals surface area contributed by atoms with E-state index >= 15 is 0 Å². The van der Waals surface area contributed by atoms with Gasteiger partial charge in [-0.1, -0.05) is 23.8 Å². The molecular formula is C21H31N2O10P2-. The van der Waals surface area contributed by atoms with Crippen molar-refractivity contribution in [1.29, 1.82) is 0 Å². The van der Waals surface area contributed by atoms with Crippen molar-refractivity contribution in [3.63, 3.8) is 0 Å². The number of aliphatic hydroxyl groups is 2. The van der Waals surface area contributed by atoms with Crippen LogP contribution in [0.3, 0.4) is 0 Å². The zero-order chi connectivity index (χ0) is 26.4. The van der Waals surface area contributed by atoms with Gasteiger partial charge in [0.1, 0.15) is 25.4 Å². The minimum atomic E-state index is -4.84. The molecule has 0 spiro atoms. The summed E-state index contributed by atoms with van der Waals surface area (Å²) in [5.74, 6) is -0.312. The van der Waals surface area contributed by atoms with Gasteiger partial charge in [0.15, 0.2) is 0 Å². The highest BCUT2D eigenvalue weighted by Crippen LogP contribution is 2.35. The molecule has 0 radical (unpaired) electrons. The lowest BCUT2D eigenvalue weighted by Gasteiger charge is -2.36. The molecule has 2 aromatic rings. The highest BCUT2D eigenvalue weighted by Gasteiger charge is 2.28. The third kappa shape index (κ3) is 9.98. The van der Waals surface area contributed by atoms with Gasteiger partial charge < -0.3 is 44.6 Å². The Labute approximate surface area is 203 Å². The molecule has 0 saturated heterocycles. The van der Waals surface area contributed by atoms with Crippen molar-refractivity contribution in [2.24, 2.45) is 0 Å². The lowest BCUT2D eigenvalue weighted by molar-refractivity contribution is -0.198. The van der Waals surface area contributed by atoms with Gasteiger partial charge in [-0.25, -0.2) is 4.57 Å². The van der Waals surface area contributed by atoms with Crippen molar-refractivity contribution in [1.82, 2.24) is 9.80 Å². The first kappa shape index (κ1) is 29.4. The molecule has 0 saturated carbocycles. The molecule has 3 unspecified atom stereocenters. The summed E-state index contributed by atoms with van der Waals surface area (Å²) in [6, 6.07) is 7.89. The van der Waals surface area contributed by atoms with Crippen molar-refractivity contribution >= 4 is 15.2 Å². The maximum Gasteiger partial charge on any atom is 0.291 e. The number of aliphatic hydroxyl groups excluding tert-OH is 2. The van der Waals surface area contributed by atoms with Crippen LogP contribution in [0.2, 0.25) is 0 Å². The van der Waals surface area contributed by atoms with Crippen LogP contribution in [-0.2, 0) is 28.8 Å². The number of rotatable bonds is 13. The van der Waals surface area contributed by atoms with Crippen molar-refractivity contribution in [2.75, 3.05) is 25.7 Å². The second-order valence-corrected chi connectivity index (χ2v) is 11.6. The van der Waals surface area contributed by atoms with E-state index in [4.69, 9.17) is 4.89 Å². The molecule has 2 rings (SSSR count). The summed E-state index contributed by atoms with van der Waals surface area (Å²) < 4.78 is 23.5. The Bertz CT molecular complexity index is 1090. The Morgan fingerprint density at radius 3 is 2.11 bits per heavy atom. The first-order valence-electron chi connectivity index (χ1n) is 10.6. The second kappa shape index (κ2) is 12.4. The van der Waals surface area contributed by atoms with Crippen LogP contribution < -0.4 is 9.79 Å². The van der Waals surface area contributed by atoms with Gasteiger partial charge in [0.2, 0.25) is 0 Å². The van der Waals surface area contributed by atoms with Crippen molar-refractivity contribution in [2.45, 2.75) is 32.7 Å². The minimum absolute atomic E-state index is 0.113. The molecular weight excluding hydrogens is 502 g/mol. The molecule has 2 aromatic carbocycles. The number of phenolic OH excluding ortho intramolecular Hbond substituents is 2. The average Bonchev–Trinajstić information content (AvgIpc) is 2.73. The number of hydrogen-bond acceptors (Lipinski definition) is 10. The van der Waals surface area contributed by atoms with E-state index in [0.717, 1.165) is 5.56 Å². The van der Waals surface area contributed by atoms with Gasteiger partial charge in [0.05, 0.1) is 19.5 Å². The zero-order valence-electron chi connectivity index (χ0n) is 19.1. The maximum absolute atomic E-state index is 11.8. The minimum Gasteiger partial charge on any atom is -0.778 e. The lowest BCUT2D eigenvalue weighted by atomic mass is 10.1. The molecule has 0 amide bonds. The van der Waals surface area contributed by atoms with Gasteiger partial charge in [-0.05, 0) is 30.7 Å². The second-order valence-electron chi connectivity index (χ2n) is 8.44. The molecule has 12 nitrogen and oxygen atoms in total. The maximum atomic E-state index is 11.8. The Kier molecular flexibility index (Phi) is 10.4. The molecule has 3 atom stereocenters. The Morgan fingerprint density at radius 1 is 0.971 bits per heavy atom. The van der Waals surface area contributed by atoms with Crippen molar-refractivity contribution in [3.8, 4) is 11.5 Å². The van der Waals surface area contributed by atoms with Gasteiger partial charge in [0.25, 0.3) is 7.60 Å². The van der Waals surface area contributed by atoms with E-state index in [1.807, 2.05) is 0 Å². The quantitative estimate of drug-likeness (QED) is 0.160. The smallest absolute Gasteiger partial charge is 0.291 e. The number of benzene rings is 2. The molecule has 7 N–H and O–H groups in total. The van der Waals surface area contributed by atoms with Gasteiger partial charge in [-0.2, -0.15) is 0 Å². The molecule has 196 valence electrons. The number of hydrogen-bond donors (Lipinski definition) is 5. The van der Waals surface area contributed by atoms with E-state index in [1.165, 1.54) is 34.1 Å². The Morgan fingerprint density at radius 2 is 1.57 bits per heavy atom. The third-order valence-electron chi connectivity index (χ3n) is 5.27. The van der Waals surface area contributed by atoms with Crippen LogP contribution in [0, 0.1) is 6.92 Å². The van der Waals surface area contributed by atoms with E-state index in [1.54, 1.807) is 19.1 Å². The fourth-order valence-corrected chi connectivity index (χ4v) is 5.24. The van der Waals surface area contributed by atoms with Crippen LogP contribution in [0.25, 0.3) is 0 Å². The molecule has 0 aliphatic heterocycles. The summed E-state index contributed by atoms with van der Waals surface area (Å²) >= 11 is 0. The van der Waals surface area contributed by atoms with E-state index in [9.17, 15) is 44.2 Å². The summed E-state index contributed by atoms with van der Waals surface area (Å²) in [5.41, 5.74) is 1.81. The van der Waals surface area contributed by atoms with Crippen LogP contribution in [0.4, 0.5) is 0 Å². The predicted molar refractivity (Wildman–Crippen MR) is 124 cm³/mol. The van der Waals surface area contributed by atoms with E-state index in [0.29, 0.717) is 11.1 Å². The Balaban J connectivity index is 2.38. The monoisotopic (exact) mass is 533 g/mol. The summed E-state index contributed by atoms with van der Waals surface area (Å²) in [7, 11) is -9.50. The normalized spacial score (nSPS) is 16.3.